The van der Waals surface area contributed by atoms with E-state index in [0.29, 0.717) is 0 Å². The summed E-state index contributed by atoms with van der Waals surface area (Å²) in [6.45, 7) is 0. The summed E-state index contributed by atoms with van der Waals surface area (Å²) >= 11 is 5.65. The number of aromatic amines is 2. The number of rotatable bonds is 2. The zero-order chi connectivity index (χ0) is 13.1. The van der Waals surface area contributed by atoms with E-state index in [4.69, 9.17) is 11.6 Å². The molecule has 0 aliphatic heterocycles. The molecule has 7 nitrogen and oxygen atoms in total. The lowest BCUT2D eigenvalue weighted by molar-refractivity contribution is 0.102. The maximum atomic E-state index is 11.7. The van der Waals surface area contributed by atoms with Crippen molar-refractivity contribution in [1.29, 1.82) is 0 Å². The second kappa shape index (κ2) is 4.84. The number of amides is 1. The molecular weight excluding hydrogens is 260 g/mol. The van der Waals surface area contributed by atoms with Crippen molar-refractivity contribution in [1.82, 2.24) is 15.0 Å². The Labute approximate surface area is 105 Å². The highest BCUT2D eigenvalue weighted by Gasteiger charge is 2.11. The third kappa shape index (κ3) is 2.64. The Morgan fingerprint density at radius 2 is 2.11 bits per heavy atom. The van der Waals surface area contributed by atoms with Gasteiger partial charge in [0.2, 0.25) is 0 Å². The Hall–Kier alpha value is -2.41. The summed E-state index contributed by atoms with van der Waals surface area (Å²) in [6.07, 6.45) is 1.03. The van der Waals surface area contributed by atoms with Crippen molar-refractivity contribution in [3.63, 3.8) is 0 Å². The number of carbonyl (C=O) groups excluding carboxylic acids is 1. The van der Waals surface area contributed by atoms with Gasteiger partial charge in [-0.25, -0.2) is 9.78 Å². The topological polar surface area (TPSA) is 108 Å². The molecular formula is C10H7ClN4O3. The summed E-state index contributed by atoms with van der Waals surface area (Å²) < 4.78 is 0. The van der Waals surface area contributed by atoms with Crippen LogP contribution >= 0.6 is 11.6 Å². The van der Waals surface area contributed by atoms with Gasteiger partial charge < -0.3 is 10.3 Å². The lowest BCUT2D eigenvalue weighted by Crippen LogP contribution is -2.29. The highest BCUT2D eigenvalue weighted by atomic mass is 35.5. The van der Waals surface area contributed by atoms with Crippen LogP contribution in [0.5, 0.6) is 0 Å². The third-order valence-corrected chi connectivity index (χ3v) is 2.23. The number of hydrogen-bond donors (Lipinski definition) is 3. The average Bonchev–Trinajstić information content (AvgIpc) is 2.28. The Morgan fingerprint density at radius 3 is 2.78 bits per heavy atom. The van der Waals surface area contributed by atoms with Gasteiger partial charge in [0.1, 0.15) is 16.5 Å². The summed E-state index contributed by atoms with van der Waals surface area (Å²) in [6, 6.07) is 4.66. The molecule has 0 saturated carbocycles. The zero-order valence-electron chi connectivity index (χ0n) is 8.86. The molecule has 0 aromatic carbocycles. The van der Waals surface area contributed by atoms with Gasteiger partial charge in [-0.3, -0.25) is 14.6 Å². The van der Waals surface area contributed by atoms with Gasteiger partial charge in [-0.15, -0.1) is 0 Å². The zero-order valence-corrected chi connectivity index (χ0v) is 9.62. The summed E-state index contributed by atoms with van der Waals surface area (Å²) in [4.78, 5) is 41.9. The van der Waals surface area contributed by atoms with Gasteiger partial charge in [0.05, 0.1) is 0 Å². The van der Waals surface area contributed by atoms with Crippen LogP contribution in [0.1, 0.15) is 10.4 Å². The molecule has 0 fully saturated rings. The first kappa shape index (κ1) is 12.1. The fraction of sp³-hybridized carbons (Fsp3) is 0. The van der Waals surface area contributed by atoms with Crippen LogP contribution in [0.25, 0.3) is 0 Å². The molecule has 2 aromatic heterocycles. The standard InChI is InChI=1S/C10H7ClN4O3/c11-6-2-1-3-7(13-6)14-8(16)5-4-12-10(18)15-9(5)17/h1-4H,(H,13,14,16)(H2,12,15,17,18). The fourth-order valence-corrected chi connectivity index (χ4v) is 1.40. The average molecular weight is 267 g/mol. The number of pyridine rings is 1. The van der Waals surface area contributed by atoms with E-state index >= 15 is 0 Å². The van der Waals surface area contributed by atoms with Gasteiger partial charge in [-0.05, 0) is 12.1 Å². The number of halogens is 1. The van der Waals surface area contributed by atoms with Gasteiger partial charge in [0.25, 0.3) is 11.5 Å². The quantitative estimate of drug-likeness (QED) is 0.682. The Morgan fingerprint density at radius 1 is 1.33 bits per heavy atom. The SMILES string of the molecule is O=C(Nc1cccc(Cl)n1)c1c[nH]c(=O)[nH]c1=O. The maximum absolute atomic E-state index is 11.7. The predicted octanol–water partition coefficient (Wildman–Crippen LogP) is 0.364. The van der Waals surface area contributed by atoms with Crippen LogP contribution in [0.3, 0.4) is 0 Å². The van der Waals surface area contributed by atoms with Crippen LogP contribution in [-0.2, 0) is 0 Å². The van der Waals surface area contributed by atoms with Crippen molar-refractivity contribution in [3.8, 4) is 0 Å². The van der Waals surface area contributed by atoms with Gasteiger partial charge >= 0.3 is 5.69 Å². The van der Waals surface area contributed by atoms with E-state index in [1.54, 1.807) is 12.1 Å². The number of carbonyl (C=O) groups is 1. The van der Waals surface area contributed by atoms with Crippen LogP contribution in [0.2, 0.25) is 5.15 Å². The van der Waals surface area contributed by atoms with Crippen LogP contribution < -0.4 is 16.6 Å². The smallest absolute Gasteiger partial charge is 0.313 e. The van der Waals surface area contributed by atoms with Crippen molar-refractivity contribution >= 4 is 23.3 Å². The largest absolute Gasteiger partial charge is 0.325 e. The molecule has 2 rings (SSSR count). The summed E-state index contributed by atoms with van der Waals surface area (Å²) in [5, 5.41) is 2.59. The van der Waals surface area contributed by atoms with Gasteiger partial charge in [0, 0.05) is 6.20 Å². The molecule has 0 radical (unpaired) electrons. The molecule has 1 amide bonds. The van der Waals surface area contributed by atoms with Crippen molar-refractivity contribution in [2.75, 3.05) is 5.32 Å². The first-order chi connectivity index (χ1) is 8.56. The lowest BCUT2D eigenvalue weighted by atomic mass is 10.3. The Bertz CT molecular complexity index is 707. The summed E-state index contributed by atoms with van der Waals surface area (Å²) in [5.74, 6) is -0.486. The molecule has 0 spiro atoms. The Balaban J connectivity index is 2.27. The molecule has 0 bridgehead atoms. The van der Waals surface area contributed by atoms with Crippen LogP contribution in [0.15, 0.2) is 34.0 Å². The first-order valence-corrected chi connectivity index (χ1v) is 5.20. The van der Waals surface area contributed by atoms with E-state index in [0.717, 1.165) is 6.20 Å². The third-order valence-electron chi connectivity index (χ3n) is 2.02. The number of H-pyrrole nitrogens is 2. The minimum absolute atomic E-state index is 0.207. The summed E-state index contributed by atoms with van der Waals surface area (Å²) in [7, 11) is 0. The number of aromatic nitrogens is 3. The fourth-order valence-electron chi connectivity index (χ4n) is 1.24. The molecule has 2 heterocycles. The molecule has 2 aromatic rings. The lowest BCUT2D eigenvalue weighted by Gasteiger charge is -2.03. The van der Waals surface area contributed by atoms with E-state index in [1.165, 1.54) is 6.07 Å². The molecule has 0 unspecified atom stereocenters. The molecule has 0 saturated heterocycles. The van der Waals surface area contributed by atoms with E-state index in [2.05, 4.69) is 15.3 Å². The summed E-state index contributed by atoms with van der Waals surface area (Å²) in [5.41, 5.74) is -1.69. The van der Waals surface area contributed by atoms with Crippen molar-refractivity contribution in [2.45, 2.75) is 0 Å². The van der Waals surface area contributed by atoms with E-state index in [9.17, 15) is 14.4 Å². The number of nitrogens with zero attached hydrogens (tertiary/aromatic N) is 1. The number of anilines is 1. The van der Waals surface area contributed by atoms with Crippen LogP contribution in [-0.4, -0.2) is 20.9 Å². The van der Waals surface area contributed by atoms with Gasteiger partial charge in [-0.1, -0.05) is 17.7 Å². The second-order valence-electron chi connectivity index (χ2n) is 3.29. The number of nitrogens with one attached hydrogen (secondary N) is 3. The Kier molecular flexibility index (Phi) is 3.24. The highest BCUT2D eigenvalue weighted by Crippen LogP contribution is 2.09. The second-order valence-corrected chi connectivity index (χ2v) is 3.67. The van der Waals surface area contributed by atoms with E-state index in [-0.39, 0.29) is 16.5 Å². The monoisotopic (exact) mass is 266 g/mol. The molecule has 18 heavy (non-hydrogen) atoms. The minimum Gasteiger partial charge on any atom is -0.313 e. The molecule has 3 N–H and O–H groups in total. The predicted molar refractivity (Wildman–Crippen MR) is 64.9 cm³/mol. The van der Waals surface area contributed by atoms with E-state index in [1.807, 2.05) is 4.98 Å². The van der Waals surface area contributed by atoms with Crippen molar-refractivity contribution < 1.29 is 4.79 Å². The van der Waals surface area contributed by atoms with Gasteiger partial charge in [0.15, 0.2) is 0 Å². The molecule has 0 aliphatic carbocycles. The van der Waals surface area contributed by atoms with Crippen LogP contribution in [0.4, 0.5) is 5.82 Å². The van der Waals surface area contributed by atoms with Crippen molar-refractivity contribution in [2.24, 2.45) is 0 Å². The molecule has 92 valence electrons. The van der Waals surface area contributed by atoms with Crippen LogP contribution in [0, 0.1) is 0 Å². The van der Waals surface area contributed by atoms with E-state index < -0.39 is 17.2 Å². The minimum atomic E-state index is -0.779. The number of hydrogen-bond acceptors (Lipinski definition) is 4. The molecule has 8 heteroatoms. The molecule has 0 atom stereocenters. The maximum Gasteiger partial charge on any atom is 0.325 e. The molecule has 0 aliphatic rings. The first-order valence-electron chi connectivity index (χ1n) is 4.82. The van der Waals surface area contributed by atoms with Crippen molar-refractivity contribution in [3.05, 3.63) is 56.0 Å². The van der Waals surface area contributed by atoms with Gasteiger partial charge in [-0.2, -0.15) is 0 Å². The normalized spacial score (nSPS) is 10.1. The highest BCUT2D eigenvalue weighted by molar-refractivity contribution is 6.29.